The molecule has 1 saturated heterocycles. The van der Waals surface area contributed by atoms with Crippen LogP contribution in [0.15, 0.2) is 29.2 Å². The van der Waals surface area contributed by atoms with Gasteiger partial charge in [-0.15, -0.1) is 0 Å². The number of piperazine rings is 1. The standard InChI is InChI=1S/C17H23N7O2/c1-3-18-14-11-13(2)20-17(21-14)23-9-7-22(8-10-23)16(26)12-24-15(25)5-4-6-19-24/h4-6,11H,3,7-10,12H2,1-2H3,(H,18,20,21). The molecule has 2 aromatic heterocycles. The molecule has 0 bridgehead atoms. The van der Waals surface area contributed by atoms with Crippen molar-refractivity contribution in [1.29, 1.82) is 0 Å². The summed E-state index contributed by atoms with van der Waals surface area (Å²) in [5.74, 6) is 1.38. The number of carbonyl (C=O) groups excluding carboxylic acids is 1. The van der Waals surface area contributed by atoms with Gasteiger partial charge >= 0.3 is 0 Å². The fraction of sp³-hybridized carbons (Fsp3) is 0.471. The second-order valence-electron chi connectivity index (χ2n) is 6.11. The van der Waals surface area contributed by atoms with Crippen molar-refractivity contribution < 1.29 is 4.79 Å². The van der Waals surface area contributed by atoms with Gasteiger partial charge in [-0.2, -0.15) is 10.1 Å². The molecule has 1 fully saturated rings. The molecule has 1 aliphatic heterocycles. The lowest BCUT2D eigenvalue weighted by molar-refractivity contribution is -0.132. The molecule has 0 unspecified atom stereocenters. The molecule has 0 atom stereocenters. The summed E-state index contributed by atoms with van der Waals surface area (Å²) < 4.78 is 1.18. The van der Waals surface area contributed by atoms with Crippen LogP contribution in [0.5, 0.6) is 0 Å². The number of amides is 1. The largest absolute Gasteiger partial charge is 0.370 e. The highest BCUT2D eigenvalue weighted by Gasteiger charge is 2.23. The van der Waals surface area contributed by atoms with E-state index in [9.17, 15) is 9.59 Å². The van der Waals surface area contributed by atoms with Crippen molar-refractivity contribution in [3.63, 3.8) is 0 Å². The summed E-state index contributed by atoms with van der Waals surface area (Å²) in [7, 11) is 0. The third kappa shape index (κ3) is 4.16. The second kappa shape index (κ2) is 7.94. The van der Waals surface area contributed by atoms with Gasteiger partial charge in [0.1, 0.15) is 12.4 Å². The van der Waals surface area contributed by atoms with Crippen LogP contribution in [0.2, 0.25) is 0 Å². The predicted molar refractivity (Wildman–Crippen MR) is 98.2 cm³/mol. The Morgan fingerprint density at radius 2 is 2.00 bits per heavy atom. The average Bonchev–Trinajstić information content (AvgIpc) is 2.63. The smallest absolute Gasteiger partial charge is 0.267 e. The fourth-order valence-electron chi connectivity index (χ4n) is 2.86. The highest BCUT2D eigenvalue weighted by atomic mass is 16.2. The number of hydrogen-bond acceptors (Lipinski definition) is 7. The maximum absolute atomic E-state index is 12.4. The molecule has 1 aliphatic rings. The third-order valence-electron chi connectivity index (χ3n) is 4.19. The van der Waals surface area contributed by atoms with Crippen LogP contribution in [-0.4, -0.2) is 63.3 Å². The first-order valence-electron chi connectivity index (χ1n) is 8.71. The SMILES string of the molecule is CCNc1cc(C)nc(N2CCN(C(=O)Cn3ncccc3=O)CC2)n1. The van der Waals surface area contributed by atoms with E-state index in [-0.39, 0.29) is 18.0 Å². The van der Waals surface area contributed by atoms with E-state index in [0.29, 0.717) is 32.1 Å². The number of carbonyl (C=O) groups is 1. The van der Waals surface area contributed by atoms with E-state index in [0.717, 1.165) is 18.1 Å². The first-order chi connectivity index (χ1) is 12.6. The fourth-order valence-corrected chi connectivity index (χ4v) is 2.86. The maximum atomic E-state index is 12.4. The van der Waals surface area contributed by atoms with Gasteiger partial charge in [0.15, 0.2) is 0 Å². The Morgan fingerprint density at radius 1 is 1.23 bits per heavy atom. The van der Waals surface area contributed by atoms with Crippen molar-refractivity contribution in [1.82, 2.24) is 24.6 Å². The van der Waals surface area contributed by atoms with Gasteiger partial charge in [0.05, 0.1) is 0 Å². The van der Waals surface area contributed by atoms with Gasteiger partial charge in [-0.3, -0.25) is 9.59 Å². The lowest BCUT2D eigenvalue weighted by Gasteiger charge is -2.35. The molecule has 0 spiro atoms. The summed E-state index contributed by atoms with van der Waals surface area (Å²) in [6, 6.07) is 4.87. The number of hydrogen-bond donors (Lipinski definition) is 1. The zero-order valence-electron chi connectivity index (χ0n) is 15.1. The minimum absolute atomic E-state index is 0.0365. The Hall–Kier alpha value is -2.97. The lowest BCUT2D eigenvalue weighted by Crippen LogP contribution is -2.50. The normalized spacial score (nSPS) is 14.4. The zero-order chi connectivity index (χ0) is 18.5. The molecule has 26 heavy (non-hydrogen) atoms. The van der Waals surface area contributed by atoms with Crippen molar-refractivity contribution in [3.05, 3.63) is 40.4 Å². The molecule has 0 radical (unpaired) electrons. The molecule has 0 aromatic carbocycles. The van der Waals surface area contributed by atoms with Gasteiger partial charge in [-0.05, 0) is 19.9 Å². The Labute approximate surface area is 151 Å². The molecular formula is C17H23N7O2. The second-order valence-corrected chi connectivity index (χ2v) is 6.11. The van der Waals surface area contributed by atoms with Crippen LogP contribution in [0.4, 0.5) is 11.8 Å². The molecule has 2 aromatic rings. The molecule has 0 saturated carbocycles. The molecule has 9 heteroatoms. The van der Waals surface area contributed by atoms with E-state index in [4.69, 9.17) is 0 Å². The predicted octanol–water partition coefficient (Wildman–Crippen LogP) is 0.122. The summed E-state index contributed by atoms with van der Waals surface area (Å²) in [5.41, 5.74) is 0.627. The average molecular weight is 357 g/mol. The molecule has 1 N–H and O–H groups in total. The van der Waals surface area contributed by atoms with Crippen molar-refractivity contribution in [2.75, 3.05) is 42.9 Å². The van der Waals surface area contributed by atoms with E-state index >= 15 is 0 Å². The first kappa shape index (κ1) is 17.8. The first-order valence-corrected chi connectivity index (χ1v) is 8.71. The van der Waals surface area contributed by atoms with E-state index in [1.54, 1.807) is 11.0 Å². The van der Waals surface area contributed by atoms with Crippen LogP contribution >= 0.6 is 0 Å². The Bertz CT molecular complexity index is 828. The molecule has 3 rings (SSSR count). The van der Waals surface area contributed by atoms with Crippen LogP contribution in [0.1, 0.15) is 12.6 Å². The molecule has 3 heterocycles. The monoisotopic (exact) mass is 357 g/mol. The van der Waals surface area contributed by atoms with Crippen LogP contribution in [-0.2, 0) is 11.3 Å². The lowest BCUT2D eigenvalue weighted by atomic mass is 10.3. The Balaban J connectivity index is 1.61. The maximum Gasteiger partial charge on any atom is 0.267 e. The van der Waals surface area contributed by atoms with Crippen molar-refractivity contribution in [2.24, 2.45) is 0 Å². The van der Waals surface area contributed by atoms with Gasteiger partial charge in [0, 0.05) is 56.7 Å². The highest BCUT2D eigenvalue weighted by Crippen LogP contribution is 2.15. The quantitative estimate of drug-likeness (QED) is 0.812. The number of anilines is 2. The van der Waals surface area contributed by atoms with Gasteiger partial charge in [-0.25, -0.2) is 9.67 Å². The number of nitrogens with zero attached hydrogens (tertiary/aromatic N) is 6. The van der Waals surface area contributed by atoms with E-state index in [1.165, 1.54) is 16.9 Å². The van der Waals surface area contributed by atoms with E-state index in [2.05, 4.69) is 25.3 Å². The number of aromatic nitrogens is 4. The number of rotatable bonds is 5. The van der Waals surface area contributed by atoms with Crippen LogP contribution in [0.25, 0.3) is 0 Å². The summed E-state index contributed by atoms with van der Waals surface area (Å²) in [6.07, 6.45) is 1.50. The number of nitrogens with one attached hydrogen (secondary N) is 1. The van der Waals surface area contributed by atoms with Crippen LogP contribution in [0.3, 0.4) is 0 Å². The van der Waals surface area contributed by atoms with Crippen molar-refractivity contribution in [3.8, 4) is 0 Å². The molecule has 9 nitrogen and oxygen atoms in total. The van der Waals surface area contributed by atoms with Crippen LogP contribution < -0.4 is 15.8 Å². The van der Waals surface area contributed by atoms with Gasteiger partial charge in [0.25, 0.3) is 5.56 Å². The highest BCUT2D eigenvalue weighted by molar-refractivity contribution is 5.76. The van der Waals surface area contributed by atoms with E-state index < -0.39 is 0 Å². The molecule has 138 valence electrons. The summed E-state index contributed by atoms with van der Waals surface area (Å²) >= 11 is 0. The number of aryl methyl sites for hydroxylation is 1. The van der Waals surface area contributed by atoms with Gasteiger partial charge < -0.3 is 15.1 Å². The Morgan fingerprint density at radius 3 is 2.69 bits per heavy atom. The molecular weight excluding hydrogens is 334 g/mol. The Kier molecular flexibility index (Phi) is 5.45. The zero-order valence-corrected chi connectivity index (χ0v) is 15.1. The summed E-state index contributed by atoms with van der Waals surface area (Å²) in [5, 5.41) is 7.14. The van der Waals surface area contributed by atoms with Gasteiger partial charge in [-0.1, -0.05) is 0 Å². The summed E-state index contributed by atoms with van der Waals surface area (Å²) in [4.78, 5) is 37.0. The van der Waals surface area contributed by atoms with Gasteiger partial charge in [0.2, 0.25) is 11.9 Å². The van der Waals surface area contributed by atoms with Crippen molar-refractivity contribution in [2.45, 2.75) is 20.4 Å². The third-order valence-corrected chi connectivity index (χ3v) is 4.19. The summed E-state index contributed by atoms with van der Waals surface area (Å²) in [6.45, 7) is 7.15. The topological polar surface area (TPSA) is 96.3 Å². The van der Waals surface area contributed by atoms with E-state index in [1.807, 2.05) is 19.9 Å². The van der Waals surface area contributed by atoms with Crippen molar-refractivity contribution >= 4 is 17.7 Å². The van der Waals surface area contributed by atoms with Crippen LogP contribution in [0, 0.1) is 6.92 Å². The molecule has 1 amide bonds. The molecule has 0 aliphatic carbocycles. The minimum atomic E-state index is -0.274. The minimum Gasteiger partial charge on any atom is -0.370 e.